The van der Waals surface area contributed by atoms with E-state index >= 15 is 0 Å². The van der Waals surface area contributed by atoms with Crippen molar-refractivity contribution < 1.29 is 13.9 Å². The van der Waals surface area contributed by atoms with Crippen molar-refractivity contribution in [2.45, 2.75) is 27.2 Å². The maximum absolute atomic E-state index is 14.0. The molecule has 0 fully saturated rings. The van der Waals surface area contributed by atoms with Gasteiger partial charge >= 0.3 is 0 Å². The number of halogens is 1. The van der Waals surface area contributed by atoms with Gasteiger partial charge in [0.15, 0.2) is 5.16 Å². The fraction of sp³-hybridized carbons (Fsp3) is 0.115. The van der Waals surface area contributed by atoms with Gasteiger partial charge < -0.3 is 10.1 Å². The second kappa shape index (κ2) is 11.7. The smallest absolute Gasteiger partial charge is 0.271 e. The van der Waals surface area contributed by atoms with Gasteiger partial charge in [-0.25, -0.2) is 14.4 Å². The van der Waals surface area contributed by atoms with E-state index in [-0.39, 0.29) is 17.4 Å². The standard InChI is InChI=1S/C26H22FN3O2S2/c1-32-20-13-11-18(12-14-20)15-28-25(31)24-23(34-21-8-3-2-4-9-21)16-29-26(30-24)33-17-19-7-5-6-10-22(19)27/h2-14,16H,15,17H2,1H3,(H,28,31). The Kier molecular flexibility index (Phi) is 8.17. The summed E-state index contributed by atoms with van der Waals surface area (Å²) in [6.07, 6.45) is 1.65. The van der Waals surface area contributed by atoms with Gasteiger partial charge in [0.25, 0.3) is 5.91 Å². The molecule has 172 valence electrons. The predicted molar refractivity (Wildman–Crippen MR) is 133 cm³/mol. The Morgan fingerprint density at radius 3 is 2.47 bits per heavy atom. The van der Waals surface area contributed by atoms with Crippen LogP contribution in [-0.2, 0) is 12.3 Å². The first-order chi connectivity index (χ1) is 16.6. The van der Waals surface area contributed by atoms with Crippen LogP contribution < -0.4 is 10.1 Å². The summed E-state index contributed by atoms with van der Waals surface area (Å²) in [4.78, 5) is 23.7. The third-order valence-corrected chi connectivity index (χ3v) is 6.78. The highest BCUT2D eigenvalue weighted by molar-refractivity contribution is 7.99. The number of aromatic nitrogens is 2. The number of carbonyl (C=O) groups is 1. The van der Waals surface area contributed by atoms with Crippen molar-refractivity contribution in [2.75, 3.05) is 7.11 Å². The van der Waals surface area contributed by atoms with Crippen molar-refractivity contribution in [3.05, 3.63) is 108 Å². The van der Waals surface area contributed by atoms with E-state index in [0.29, 0.717) is 27.9 Å². The van der Waals surface area contributed by atoms with Gasteiger partial charge in [-0.15, -0.1) is 0 Å². The highest BCUT2D eigenvalue weighted by Gasteiger charge is 2.17. The van der Waals surface area contributed by atoms with E-state index in [1.54, 1.807) is 31.5 Å². The van der Waals surface area contributed by atoms with Gasteiger partial charge in [-0.3, -0.25) is 4.79 Å². The number of rotatable bonds is 9. The second-order valence-corrected chi connectivity index (χ2v) is 9.25. The van der Waals surface area contributed by atoms with Crippen molar-refractivity contribution in [1.82, 2.24) is 15.3 Å². The Bertz CT molecular complexity index is 1250. The lowest BCUT2D eigenvalue weighted by atomic mass is 10.2. The van der Waals surface area contributed by atoms with E-state index in [9.17, 15) is 9.18 Å². The van der Waals surface area contributed by atoms with Crippen LogP contribution in [0, 0.1) is 5.82 Å². The van der Waals surface area contributed by atoms with E-state index in [4.69, 9.17) is 4.74 Å². The van der Waals surface area contributed by atoms with Crippen molar-refractivity contribution in [2.24, 2.45) is 0 Å². The van der Waals surface area contributed by atoms with Crippen LogP contribution >= 0.6 is 23.5 Å². The summed E-state index contributed by atoms with van der Waals surface area (Å²) in [5.41, 5.74) is 1.78. The molecule has 34 heavy (non-hydrogen) atoms. The average Bonchev–Trinajstić information content (AvgIpc) is 2.88. The van der Waals surface area contributed by atoms with E-state index in [0.717, 1.165) is 16.2 Å². The van der Waals surface area contributed by atoms with Crippen LogP contribution in [0.5, 0.6) is 5.75 Å². The van der Waals surface area contributed by atoms with Gasteiger partial charge in [0.1, 0.15) is 17.3 Å². The molecule has 1 aromatic heterocycles. The summed E-state index contributed by atoms with van der Waals surface area (Å²) >= 11 is 2.71. The minimum absolute atomic E-state index is 0.274. The number of thioether (sulfide) groups is 1. The van der Waals surface area contributed by atoms with E-state index in [1.807, 2.05) is 54.6 Å². The van der Waals surface area contributed by atoms with Gasteiger partial charge in [-0.2, -0.15) is 0 Å². The number of benzene rings is 3. The van der Waals surface area contributed by atoms with Crippen LogP contribution in [0.15, 0.2) is 100 Å². The lowest BCUT2D eigenvalue weighted by molar-refractivity contribution is 0.0941. The highest BCUT2D eigenvalue weighted by atomic mass is 32.2. The van der Waals surface area contributed by atoms with Gasteiger partial charge in [0, 0.05) is 23.4 Å². The molecule has 0 aliphatic rings. The molecule has 0 bridgehead atoms. The number of ether oxygens (including phenoxy) is 1. The fourth-order valence-electron chi connectivity index (χ4n) is 3.04. The van der Waals surface area contributed by atoms with Crippen LogP contribution in [0.4, 0.5) is 4.39 Å². The summed E-state index contributed by atoms with van der Waals surface area (Å²) < 4.78 is 19.2. The zero-order chi connectivity index (χ0) is 23.8. The Labute approximate surface area is 206 Å². The van der Waals surface area contributed by atoms with E-state index < -0.39 is 0 Å². The first kappa shape index (κ1) is 23.8. The number of nitrogens with one attached hydrogen (secondary N) is 1. The van der Waals surface area contributed by atoms with Gasteiger partial charge in [-0.1, -0.05) is 72.1 Å². The van der Waals surface area contributed by atoms with Crippen LogP contribution in [0.1, 0.15) is 21.6 Å². The van der Waals surface area contributed by atoms with Crippen LogP contribution in [0.2, 0.25) is 0 Å². The number of nitrogens with zero attached hydrogens (tertiary/aromatic N) is 2. The van der Waals surface area contributed by atoms with Gasteiger partial charge in [-0.05, 0) is 41.5 Å². The lowest BCUT2D eigenvalue weighted by Crippen LogP contribution is -2.25. The molecule has 0 atom stereocenters. The largest absolute Gasteiger partial charge is 0.497 e. The first-order valence-electron chi connectivity index (χ1n) is 10.5. The first-order valence-corrected chi connectivity index (χ1v) is 12.3. The molecule has 4 aromatic rings. The molecule has 4 rings (SSSR count). The monoisotopic (exact) mass is 491 g/mol. The molecule has 0 saturated heterocycles. The summed E-state index contributed by atoms with van der Waals surface area (Å²) in [7, 11) is 1.61. The molecule has 3 aromatic carbocycles. The van der Waals surface area contributed by atoms with E-state index in [2.05, 4.69) is 15.3 Å². The Balaban J connectivity index is 1.53. The Morgan fingerprint density at radius 2 is 1.74 bits per heavy atom. The summed E-state index contributed by atoms with van der Waals surface area (Å²) in [5, 5.41) is 3.35. The number of carbonyl (C=O) groups excluding carboxylic acids is 1. The SMILES string of the molecule is COc1ccc(CNC(=O)c2nc(SCc3ccccc3F)ncc2Sc2ccccc2)cc1. The predicted octanol–water partition coefficient (Wildman–Crippen LogP) is 6.00. The molecule has 8 heteroatoms. The number of methoxy groups -OCH3 is 1. The third-order valence-electron chi connectivity index (χ3n) is 4.85. The summed E-state index contributed by atoms with van der Waals surface area (Å²) in [6.45, 7) is 0.347. The van der Waals surface area contributed by atoms with Crippen LogP contribution in [-0.4, -0.2) is 23.0 Å². The van der Waals surface area contributed by atoms with Gasteiger partial charge in [0.05, 0.1) is 12.0 Å². The molecule has 1 amide bonds. The van der Waals surface area contributed by atoms with Crippen LogP contribution in [0.25, 0.3) is 0 Å². The quantitative estimate of drug-likeness (QED) is 0.229. The molecule has 0 saturated carbocycles. The molecule has 1 heterocycles. The third kappa shape index (κ3) is 6.36. The maximum Gasteiger partial charge on any atom is 0.271 e. The minimum atomic E-state index is -0.301. The number of amides is 1. The average molecular weight is 492 g/mol. The molecule has 1 N–H and O–H groups in total. The Morgan fingerprint density at radius 1 is 1.00 bits per heavy atom. The second-order valence-electron chi connectivity index (χ2n) is 7.19. The fourth-order valence-corrected chi connectivity index (χ4v) is 4.73. The number of hydrogen-bond donors (Lipinski definition) is 1. The molecular weight excluding hydrogens is 469 g/mol. The molecule has 0 aliphatic heterocycles. The van der Waals surface area contributed by atoms with Gasteiger partial charge in [0.2, 0.25) is 0 Å². The molecule has 0 radical (unpaired) electrons. The molecular formula is C26H22FN3O2S2. The molecule has 0 aliphatic carbocycles. The van der Waals surface area contributed by atoms with Crippen molar-refractivity contribution >= 4 is 29.4 Å². The summed E-state index contributed by atoms with van der Waals surface area (Å²) in [5.74, 6) is 0.544. The van der Waals surface area contributed by atoms with E-state index in [1.165, 1.54) is 29.6 Å². The van der Waals surface area contributed by atoms with Crippen molar-refractivity contribution in [3.8, 4) is 5.75 Å². The molecule has 0 spiro atoms. The van der Waals surface area contributed by atoms with Crippen LogP contribution in [0.3, 0.4) is 0 Å². The molecule has 5 nitrogen and oxygen atoms in total. The minimum Gasteiger partial charge on any atom is -0.497 e. The zero-order valence-electron chi connectivity index (χ0n) is 18.4. The zero-order valence-corrected chi connectivity index (χ0v) is 20.0. The highest BCUT2D eigenvalue weighted by Crippen LogP contribution is 2.31. The Hall–Kier alpha value is -3.36. The number of hydrogen-bond acceptors (Lipinski definition) is 6. The van der Waals surface area contributed by atoms with Crippen molar-refractivity contribution in [1.29, 1.82) is 0 Å². The lowest BCUT2D eigenvalue weighted by Gasteiger charge is -2.11. The van der Waals surface area contributed by atoms with Crippen molar-refractivity contribution in [3.63, 3.8) is 0 Å². The molecule has 0 unspecified atom stereocenters. The summed E-state index contributed by atoms with van der Waals surface area (Å²) in [6, 6.07) is 23.8. The normalized spacial score (nSPS) is 10.6. The maximum atomic E-state index is 14.0. The topological polar surface area (TPSA) is 64.1 Å².